The summed E-state index contributed by atoms with van der Waals surface area (Å²) in [5.74, 6) is 1.15. The number of likely N-dealkylation sites (N-methyl/N-ethyl adjacent to an activating group) is 2. The van der Waals surface area contributed by atoms with Crippen molar-refractivity contribution in [1.29, 1.82) is 0 Å². The molecule has 0 saturated carbocycles. The molecule has 0 radical (unpaired) electrons. The van der Waals surface area contributed by atoms with E-state index in [9.17, 15) is 4.79 Å². The lowest BCUT2D eigenvalue weighted by Crippen LogP contribution is -2.40. The third-order valence-corrected chi connectivity index (χ3v) is 8.28. The van der Waals surface area contributed by atoms with Crippen LogP contribution in [0.2, 0.25) is 0 Å². The Morgan fingerprint density at radius 2 is 2.06 bits per heavy atom. The van der Waals surface area contributed by atoms with Gasteiger partial charge < -0.3 is 15.1 Å². The highest BCUT2D eigenvalue weighted by molar-refractivity contribution is 7.19. The largest absolute Gasteiger partial charge is 0.344 e. The van der Waals surface area contributed by atoms with Gasteiger partial charge in [-0.25, -0.2) is 9.97 Å². The van der Waals surface area contributed by atoms with Crippen LogP contribution in [0.1, 0.15) is 41.8 Å². The molecule has 1 amide bonds. The number of benzene rings is 1. The highest BCUT2D eigenvalue weighted by atomic mass is 32.1. The first-order valence-corrected chi connectivity index (χ1v) is 13.0. The van der Waals surface area contributed by atoms with E-state index in [1.807, 2.05) is 18.2 Å². The normalized spacial score (nSPS) is 16.6. The molecule has 0 saturated heterocycles. The molecule has 3 heterocycles. The first-order chi connectivity index (χ1) is 16.6. The van der Waals surface area contributed by atoms with Crippen molar-refractivity contribution in [3.05, 3.63) is 46.1 Å². The van der Waals surface area contributed by atoms with Crippen LogP contribution in [0.15, 0.2) is 29.5 Å². The monoisotopic (exact) mass is 476 g/mol. The lowest BCUT2D eigenvalue weighted by Gasteiger charge is -2.28. The van der Waals surface area contributed by atoms with Crippen molar-refractivity contribution in [3.8, 4) is 0 Å². The van der Waals surface area contributed by atoms with Gasteiger partial charge in [-0.15, -0.1) is 11.3 Å². The molecule has 1 N–H and O–H groups in total. The van der Waals surface area contributed by atoms with Gasteiger partial charge in [0.25, 0.3) is 0 Å². The summed E-state index contributed by atoms with van der Waals surface area (Å²) in [4.78, 5) is 33.2. The number of carbonyl (C=O) groups is 1. The molecule has 5 rings (SSSR count). The van der Waals surface area contributed by atoms with Crippen LogP contribution >= 0.6 is 11.3 Å². The Morgan fingerprint density at radius 1 is 1.21 bits per heavy atom. The van der Waals surface area contributed by atoms with Gasteiger partial charge in [0.15, 0.2) is 0 Å². The highest BCUT2D eigenvalue weighted by Gasteiger charge is 2.30. The maximum Gasteiger partial charge on any atom is 0.225 e. The average molecular weight is 477 g/mol. The molecule has 178 valence electrons. The Labute approximate surface area is 204 Å². The molecule has 1 aromatic carbocycles. The van der Waals surface area contributed by atoms with E-state index in [1.165, 1.54) is 16.0 Å². The summed E-state index contributed by atoms with van der Waals surface area (Å²) < 4.78 is 0. The zero-order valence-corrected chi connectivity index (χ0v) is 21.0. The van der Waals surface area contributed by atoms with Crippen molar-refractivity contribution in [2.24, 2.45) is 10.9 Å². The van der Waals surface area contributed by atoms with Crippen molar-refractivity contribution >= 4 is 45.2 Å². The SMILES string of the molecule is CCN(CC)CCN(C)C(=O)C1CCc2c(sc3ncnc(Nc4ccc5c(c4)C=NC5)c23)C1. The van der Waals surface area contributed by atoms with Gasteiger partial charge in [-0.1, -0.05) is 19.9 Å². The summed E-state index contributed by atoms with van der Waals surface area (Å²) in [6.07, 6.45) is 6.11. The summed E-state index contributed by atoms with van der Waals surface area (Å²) in [5, 5.41) is 4.63. The minimum atomic E-state index is 0.0441. The number of nitrogens with one attached hydrogen (secondary N) is 1. The van der Waals surface area contributed by atoms with Crippen LogP contribution in [-0.2, 0) is 24.2 Å². The lowest BCUT2D eigenvalue weighted by atomic mass is 9.87. The number of anilines is 2. The van der Waals surface area contributed by atoms with E-state index in [0.29, 0.717) is 0 Å². The Morgan fingerprint density at radius 3 is 2.88 bits per heavy atom. The molecule has 3 aromatic rings. The molecule has 7 nitrogen and oxygen atoms in total. The van der Waals surface area contributed by atoms with Gasteiger partial charge in [0, 0.05) is 42.8 Å². The Kier molecular flexibility index (Phi) is 6.61. The second-order valence-corrected chi connectivity index (χ2v) is 10.2. The standard InChI is InChI=1S/C26H32N6OS/c1-4-32(5-2)11-10-31(3)26(33)17-7-9-21-22(13-17)34-25-23(21)24(28-16-29-25)30-20-8-6-18-14-27-15-19(18)12-20/h6,8,12,15-17H,4-5,7,9-11,13-14H2,1-3H3,(H,28,29,30). The number of nitrogens with zero attached hydrogens (tertiary/aromatic N) is 5. The fourth-order valence-corrected chi connectivity index (χ4v) is 6.25. The molecule has 1 aliphatic heterocycles. The molecule has 0 fully saturated rings. The highest BCUT2D eigenvalue weighted by Crippen LogP contribution is 2.40. The Balaban J connectivity index is 1.33. The summed E-state index contributed by atoms with van der Waals surface area (Å²) in [7, 11) is 1.95. The minimum Gasteiger partial charge on any atom is -0.344 e. The first-order valence-electron chi connectivity index (χ1n) is 12.2. The molecule has 1 atom stereocenters. The van der Waals surface area contributed by atoms with Gasteiger partial charge in [-0.05, 0) is 61.2 Å². The number of rotatable bonds is 8. The molecule has 8 heteroatoms. The van der Waals surface area contributed by atoms with Crippen LogP contribution in [0.25, 0.3) is 10.2 Å². The third-order valence-electron chi connectivity index (χ3n) is 7.12. The van der Waals surface area contributed by atoms with Crippen LogP contribution in [0.4, 0.5) is 11.5 Å². The van der Waals surface area contributed by atoms with Crippen LogP contribution in [0.5, 0.6) is 0 Å². The number of hydrogen-bond donors (Lipinski definition) is 1. The molecule has 34 heavy (non-hydrogen) atoms. The van der Waals surface area contributed by atoms with Gasteiger partial charge in [0.2, 0.25) is 5.91 Å². The van der Waals surface area contributed by atoms with E-state index in [-0.39, 0.29) is 11.8 Å². The quantitative estimate of drug-likeness (QED) is 0.526. The van der Waals surface area contributed by atoms with Crippen molar-refractivity contribution in [2.75, 3.05) is 38.5 Å². The van der Waals surface area contributed by atoms with E-state index in [4.69, 9.17) is 0 Å². The average Bonchev–Trinajstić information content (AvgIpc) is 3.48. The fourth-order valence-electron chi connectivity index (χ4n) is 4.98. The zero-order chi connectivity index (χ0) is 23.7. The topological polar surface area (TPSA) is 73.7 Å². The van der Waals surface area contributed by atoms with Crippen LogP contribution in [-0.4, -0.2) is 65.1 Å². The molecular formula is C26H32N6OS. The zero-order valence-electron chi connectivity index (χ0n) is 20.2. The third kappa shape index (κ3) is 4.44. The fraction of sp³-hybridized carbons (Fsp3) is 0.462. The van der Waals surface area contributed by atoms with Crippen molar-refractivity contribution in [3.63, 3.8) is 0 Å². The van der Waals surface area contributed by atoms with E-state index in [0.717, 1.165) is 79.3 Å². The van der Waals surface area contributed by atoms with Crippen LogP contribution in [0.3, 0.4) is 0 Å². The van der Waals surface area contributed by atoms with E-state index < -0.39 is 0 Å². The number of aromatic nitrogens is 2. The van der Waals surface area contributed by atoms with Crippen LogP contribution in [0, 0.1) is 5.92 Å². The Hall–Kier alpha value is -2.84. The number of aryl methyl sites for hydroxylation is 1. The van der Waals surface area contributed by atoms with Crippen LogP contribution < -0.4 is 5.32 Å². The first kappa shape index (κ1) is 22.9. The number of aliphatic imine (C=N–C) groups is 1. The van der Waals surface area contributed by atoms with Crippen molar-refractivity contribution < 1.29 is 4.79 Å². The number of fused-ring (bicyclic) bond motifs is 4. The Bertz CT molecular complexity index is 1230. The second-order valence-electron chi connectivity index (χ2n) is 9.14. The summed E-state index contributed by atoms with van der Waals surface area (Å²) >= 11 is 1.71. The van der Waals surface area contributed by atoms with Gasteiger partial charge in [-0.3, -0.25) is 9.79 Å². The van der Waals surface area contributed by atoms with E-state index in [1.54, 1.807) is 17.7 Å². The maximum absolute atomic E-state index is 13.2. The number of amides is 1. The smallest absolute Gasteiger partial charge is 0.225 e. The van der Waals surface area contributed by atoms with E-state index >= 15 is 0 Å². The predicted molar refractivity (Wildman–Crippen MR) is 139 cm³/mol. The predicted octanol–water partition coefficient (Wildman–Crippen LogP) is 4.27. The number of hydrogen-bond acceptors (Lipinski definition) is 7. The van der Waals surface area contributed by atoms with Gasteiger partial charge in [0.1, 0.15) is 17.0 Å². The molecule has 0 spiro atoms. The molecule has 1 aliphatic carbocycles. The number of thiophene rings is 1. The van der Waals surface area contributed by atoms with Crippen molar-refractivity contribution in [1.82, 2.24) is 19.8 Å². The minimum absolute atomic E-state index is 0.0441. The summed E-state index contributed by atoms with van der Waals surface area (Å²) in [6.45, 7) is 8.83. The van der Waals surface area contributed by atoms with Crippen molar-refractivity contribution in [2.45, 2.75) is 39.7 Å². The van der Waals surface area contributed by atoms with Gasteiger partial charge in [0.05, 0.1) is 11.9 Å². The summed E-state index contributed by atoms with van der Waals surface area (Å²) in [5.41, 5.74) is 4.73. The van der Waals surface area contributed by atoms with Gasteiger partial charge >= 0.3 is 0 Å². The number of carbonyl (C=O) groups excluding carboxylic acids is 1. The maximum atomic E-state index is 13.2. The lowest BCUT2D eigenvalue weighted by molar-refractivity contribution is -0.134. The summed E-state index contributed by atoms with van der Waals surface area (Å²) in [6, 6.07) is 6.34. The molecule has 2 aliphatic rings. The second kappa shape index (κ2) is 9.80. The van der Waals surface area contributed by atoms with Gasteiger partial charge in [-0.2, -0.15) is 0 Å². The van der Waals surface area contributed by atoms with E-state index in [2.05, 4.69) is 57.2 Å². The molecule has 1 unspecified atom stereocenters. The molecule has 2 aromatic heterocycles. The molecule has 0 bridgehead atoms. The molecular weight excluding hydrogens is 444 g/mol.